The minimum absolute atomic E-state index is 0.0873. The molecule has 0 unspecified atom stereocenters. The lowest BCUT2D eigenvalue weighted by molar-refractivity contribution is 0.371. The van der Waals surface area contributed by atoms with Crippen LogP contribution in [0.15, 0.2) is 231 Å². The monoisotopic (exact) mass is 1220 g/mol. The second-order valence-electron chi connectivity index (χ2n) is 25.1. The minimum atomic E-state index is -0.671. The summed E-state index contributed by atoms with van der Waals surface area (Å²) in [5.41, 5.74) is 26.0. The van der Waals surface area contributed by atoms with Gasteiger partial charge in [-0.2, -0.15) is 0 Å². The molecule has 8 nitrogen and oxygen atoms in total. The lowest BCUT2D eigenvalue weighted by Crippen LogP contribution is -2.29. The molecule has 0 saturated carbocycles. The molecule has 0 fully saturated rings. The van der Waals surface area contributed by atoms with Gasteiger partial charge < -0.3 is 40.1 Å². The topological polar surface area (TPSA) is 140 Å². The maximum atomic E-state index is 10.5. The highest BCUT2D eigenvalue weighted by atomic mass is 16.5. The molecule has 0 amide bonds. The average molecular weight is 1220 g/mol. The Kier molecular flexibility index (Phi) is 15.3. The zero-order valence-electron chi connectivity index (χ0n) is 53.9. The lowest BCUT2D eigenvalue weighted by Gasteiger charge is -2.35. The Morgan fingerprint density at radius 1 is 0.226 bits per heavy atom. The van der Waals surface area contributed by atoms with Crippen LogP contribution in [0, 0.1) is 55.4 Å². The third-order valence-electron chi connectivity index (χ3n) is 19.8. The Morgan fingerprint density at radius 3 is 0.602 bits per heavy atom. The van der Waals surface area contributed by atoms with Crippen LogP contribution in [0.3, 0.4) is 0 Å². The van der Waals surface area contributed by atoms with Crippen molar-refractivity contribution in [1.29, 1.82) is 0 Å². The summed E-state index contributed by atoms with van der Waals surface area (Å²) in [5.74, 6) is 2.36. The van der Waals surface area contributed by atoms with E-state index in [2.05, 4.69) is 170 Å². The number of hydrogen-bond acceptors (Lipinski definition) is 8. The van der Waals surface area contributed by atoms with Gasteiger partial charge in [0.25, 0.3) is 0 Å². The molecule has 0 aliphatic heterocycles. The zero-order chi connectivity index (χ0) is 65.4. The zero-order valence-corrected chi connectivity index (χ0v) is 53.9. The highest BCUT2D eigenvalue weighted by molar-refractivity contribution is 5.90. The standard InChI is InChI=1S/2C29H26O2.C27H22O4/c2*1-17-13-21(14-18(2)27(17)30)29(22-15-19(3)28(31)20(4)16-22)25-11-7-5-9-23(25)24-10-6-8-12-26(24)29;1-30-25-15-17(11-13-23(25)28)27(18-12-14-24(29)26(16-18)31-2)21-9-5-3-7-19(21)20-8-4-6-10-22(20)27/h2*5-16,30-31H,1-4H3;3-16,28-29H,1-2H3. The van der Waals surface area contributed by atoms with E-state index in [9.17, 15) is 30.6 Å². The Balaban J connectivity index is 0.000000127. The van der Waals surface area contributed by atoms with Crippen LogP contribution in [0.5, 0.6) is 46.0 Å². The first kappa shape index (κ1) is 60.9. The number of aromatic hydroxyl groups is 6. The lowest BCUT2D eigenvalue weighted by atomic mass is 9.66. The van der Waals surface area contributed by atoms with Crippen LogP contribution in [-0.4, -0.2) is 44.9 Å². The van der Waals surface area contributed by atoms with E-state index in [1.807, 2.05) is 104 Å². The molecule has 462 valence electrons. The van der Waals surface area contributed by atoms with Gasteiger partial charge in [-0.05, 0) is 224 Å². The number of hydrogen-bond donors (Lipinski definition) is 6. The van der Waals surface area contributed by atoms with Gasteiger partial charge in [-0.25, -0.2) is 0 Å². The fourth-order valence-electron chi connectivity index (χ4n) is 15.6. The van der Waals surface area contributed by atoms with Crippen molar-refractivity contribution in [2.75, 3.05) is 14.2 Å². The van der Waals surface area contributed by atoms with Gasteiger partial charge >= 0.3 is 0 Å². The molecule has 0 atom stereocenters. The molecule has 8 heteroatoms. The Labute approximate surface area is 544 Å². The maximum Gasteiger partial charge on any atom is 0.160 e. The molecule has 0 bridgehead atoms. The van der Waals surface area contributed by atoms with E-state index in [4.69, 9.17) is 9.47 Å². The average Bonchev–Trinajstić information content (AvgIpc) is 1.59. The van der Waals surface area contributed by atoms with E-state index in [0.717, 1.165) is 100 Å². The van der Waals surface area contributed by atoms with Crippen LogP contribution in [0.1, 0.15) is 111 Å². The predicted octanol–water partition coefficient (Wildman–Crippen LogP) is 18.9. The Bertz CT molecular complexity index is 4360. The number of fused-ring (bicyclic) bond motifs is 9. The molecule has 12 aromatic rings. The highest BCUT2D eigenvalue weighted by Gasteiger charge is 2.50. The van der Waals surface area contributed by atoms with Crippen LogP contribution < -0.4 is 9.47 Å². The molecule has 15 rings (SSSR count). The van der Waals surface area contributed by atoms with Crippen molar-refractivity contribution in [1.82, 2.24) is 0 Å². The quantitative estimate of drug-likeness (QED) is 0.0884. The minimum Gasteiger partial charge on any atom is -0.507 e. The summed E-state index contributed by atoms with van der Waals surface area (Å²) in [6, 6.07) is 78.9. The van der Waals surface area contributed by atoms with E-state index in [1.165, 1.54) is 44.5 Å². The molecular weight excluding hydrogens is 1150 g/mol. The second-order valence-corrected chi connectivity index (χ2v) is 25.1. The van der Waals surface area contributed by atoms with Gasteiger partial charge in [0.15, 0.2) is 23.0 Å². The van der Waals surface area contributed by atoms with E-state index in [0.29, 0.717) is 34.5 Å². The number of rotatable bonds is 8. The third kappa shape index (κ3) is 9.32. The van der Waals surface area contributed by atoms with E-state index in [1.54, 1.807) is 26.4 Å². The first-order valence-corrected chi connectivity index (χ1v) is 31.4. The van der Waals surface area contributed by atoms with Gasteiger partial charge in [0.1, 0.15) is 23.0 Å². The summed E-state index contributed by atoms with van der Waals surface area (Å²) >= 11 is 0. The molecule has 0 aromatic heterocycles. The van der Waals surface area contributed by atoms with Crippen molar-refractivity contribution in [3.8, 4) is 79.4 Å². The van der Waals surface area contributed by atoms with Gasteiger partial charge in [0.05, 0.1) is 30.5 Å². The fraction of sp³-hybridized carbons (Fsp3) is 0.153. The van der Waals surface area contributed by atoms with Gasteiger partial charge in [0, 0.05) is 0 Å². The summed E-state index contributed by atoms with van der Waals surface area (Å²) in [5, 5.41) is 62.6. The van der Waals surface area contributed by atoms with Crippen molar-refractivity contribution in [3.63, 3.8) is 0 Å². The van der Waals surface area contributed by atoms with Crippen molar-refractivity contribution in [3.05, 3.63) is 342 Å². The molecule has 0 radical (unpaired) electrons. The Hall–Kier alpha value is -11.0. The van der Waals surface area contributed by atoms with E-state index < -0.39 is 16.2 Å². The molecule has 3 aliphatic rings. The number of methoxy groups -OCH3 is 2. The Morgan fingerprint density at radius 2 is 0.409 bits per heavy atom. The van der Waals surface area contributed by atoms with Crippen molar-refractivity contribution >= 4 is 0 Å². The van der Waals surface area contributed by atoms with Gasteiger partial charge in [-0.15, -0.1) is 0 Å². The molecule has 0 heterocycles. The number of phenols is 6. The van der Waals surface area contributed by atoms with Crippen LogP contribution in [0.2, 0.25) is 0 Å². The summed E-state index contributed by atoms with van der Waals surface area (Å²) < 4.78 is 10.9. The first-order valence-electron chi connectivity index (χ1n) is 31.4. The largest absolute Gasteiger partial charge is 0.507 e. The molecule has 12 aromatic carbocycles. The van der Waals surface area contributed by atoms with Gasteiger partial charge in [-0.3, -0.25) is 0 Å². The summed E-state index contributed by atoms with van der Waals surface area (Å²) in [6.07, 6.45) is 0. The highest BCUT2D eigenvalue weighted by Crippen LogP contribution is 2.61. The predicted molar refractivity (Wildman–Crippen MR) is 372 cm³/mol. The molecule has 0 saturated heterocycles. The second kappa shape index (κ2) is 23.4. The molecule has 93 heavy (non-hydrogen) atoms. The normalized spacial score (nSPS) is 13.6. The SMILES string of the molecule is COc1cc(C2(c3ccc(O)c(OC)c3)c3ccccc3-c3ccccc32)ccc1O.Cc1cc(C2(c3cc(C)c(O)c(C)c3)c3ccccc3-c3ccccc32)cc(C)c1O.Cc1cc(C2(c3cc(C)c(O)c(C)c3)c3ccccc3-c3ccccc32)cc(C)c1O. The molecule has 3 aliphatic carbocycles. The van der Waals surface area contributed by atoms with Gasteiger partial charge in [0.2, 0.25) is 0 Å². The van der Waals surface area contributed by atoms with Crippen LogP contribution in [0.4, 0.5) is 0 Å². The van der Waals surface area contributed by atoms with Crippen molar-refractivity contribution in [2.24, 2.45) is 0 Å². The number of aryl methyl sites for hydroxylation is 8. The van der Waals surface area contributed by atoms with Crippen LogP contribution in [0.25, 0.3) is 33.4 Å². The smallest absolute Gasteiger partial charge is 0.160 e. The van der Waals surface area contributed by atoms with Gasteiger partial charge in [-0.1, -0.05) is 206 Å². The van der Waals surface area contributed by atoms with E-state index >= 15 is 0 Å². The third-order valence-corrected chi connectivity index (χ3v) is 19.8. The number of benzene rings is 12. The fourth-order valence-corrected chi connectivity index (χ4v) is 15.6. The number of ether oxygens (including phenoxy) is 2. The van der Waals surface area contributed by atoms with E-state index in [-0.39, 0.29) is 11.5 Å². The first-order chi connectivity index (χ1) is 44.8. The molecular formula is C85H74O8. The van der Waals surface area contributed by atoms with Crippen LogP contribution >= 0.6 is 0 Å². The summed E-state index contributed by atoms with van der Waals surface area (Å²) in [4.78, 5) is 0. The van der Waals surface area contributed by atoms with Crippen molar-refractivity contribution in [2.45, 2.75) is 71.6 Å². The summed E-state index contributed by atoms with van der Waals surface area (Å²) in [7, 11) is 3.09. The van der Waals surface area contributed by atoms with Crippen LogP contribution in [-0.2, 0) is 16.2 Å². The molecule has 6 N–H and O–H groups in total. The van der Waals surface area contributed by atoms with Crippen molar-refractivity contribution < 1.29 is 40.1 Å². The molecule has 0 spiro atoms. The summed E-state index contributed by atoms with van der Waals surface area (Å²) in [6.45, 7) is 15.7. The maximum absolute atomic E-state index is 10.5. The number of phenolic OH excluding ortho intramolecular Hbond substituents is 6.